The molecule has 0 fully saturated rings. The van der Waals surface area contributed by atoms with E-state index in [1.54, 1.807) is 54.6 Å². The van der Waals surface area contributed by atoms with Crippen LogP contribution in [-0.2, 0) is 21.2 Å². The summed E-state index contributed by atoms with van der Waals surface area (Å²) >= 11 is 0. The van der Waals surface area contributed by atoms with E-state index in [4.69, 9.17) is 9.47 Å². The number of para-hydroxylation sites is 1. The fraction of sp³-hybridized carbons (Fsp3) is 0.208. The van der Waals surface area contributed by atoms with Gasteiger partial charge in [0.25, 0.3) is 10.0 Å². The van der Waals surface area contributed by atoms with Crippen LogP contribution in [-0.4, -0.2) is 27.7 Å². The Balaban J connectivity index is 1.66. The van der Waals surface area contributed by atoms with Crippen molar-refractivity contribution < 1.29 is 22.7 Å². The largest absolute Gasteiger partial charge is 0.454 e. The van der Waals surface area contributed by atoms with Crippen LogP contribution >= 0.6 is 0 Å². The highest BCUT2D eigenvalue weighted by atomic mass is 32.2. The lowest BCUT2D eigenvalue weighted by Crippen LogP contribution is -2.38. The SMILES string of the molecule is CCc1ccccc1N(CC(=O)Nc1ccc2c(c1)OCO2)S(=O)(=O)c1ccc(C)cc1. The van der Waals surface area contributed by atoms with E-state index in [0.717, 1.165) is 11.1 Å². The van der Waals surface area contributed by atoms with Gasteiger partial charge in [0.2, 0.25) is 12.7 Å². The van der Waals surface area contributed by atoms with Gasteiger partial charge < -0.3 is 14.8 Å². The monoisotopic (exact) mass is 452 g/mol. The molecule has 0 saturated heterocycles. The zero-order valence-electron chi connectivity index (χ0n) is 17.9. The fourth-order valence-corrected chi connectivity index (χ4v) is 4.95. The van der Waals surface area contributed by atoms with Gasteiger partial charge in [-0.05, 0) is 49.2 Å². The molecule has 1 N–H and O–H groups in total. The van der Waals surface area contributed by atoms with Crippen molar-refractivity contribution >= 4 is 27.3 Å². The predicted octanol–water partition coefficient (Wildman–Crippen LogP) is 4.12. The van der Waals surface area contributed by atoms with Crippen molar-refractivity contribution in [1.29, 1.82) is 0 Å². The average Bonchev–Trinajstić information content (AvgIpc) is 3.25. The molecule has 4 rings (SSSR count). The summed E-state index contributed by atoms with van der Waals surface area (Å²) in [6, 6.07) is 18.8. The van der Waals surface area contributed by atoms with Gasteiger partial charge in [0.15, 0.2) is 11.5 Å². The van der Waals surface area contributed by atoms with Crippen molar-refractivity contribution in [2.75, 3.05) is 23.0 Å². The van der Waals surface area contributed by atoms with Gasteiger partial charge in [-0.1, -0.05) is 42.8 Å². The normalized spacial score (nSPS) is 12.4. The number of hydrogen-bond acceptors (Lipinski definition) is 5. The van der Waals surface area contributed by atoms with Crippen molar-refractivity contribution in [3.63, 3.8) is 0 Å². The summed E-state index contributed by atoms with van der Waals surface area (Å²) in [6.45, 7) is 3.59. The number of amides is 1. The highest BCUT2D eigenvalue weighted by Gasteiger charge is 2.28. The molecular weight excluding hydrogens is 428 g/mol. The summed E-state index contributed by atoms with van der Waals surface area (Å²) in [7, 11) is -3.97. The second kappa shape index (κ2) is 8.92. The Kier molecular flexibility index (Phi) is 6.05. The summed E-state index contributed by atoms with van der Waals surface area (Å²) in [5.74, 6) is 0.664. The van der Waals surface area contributed by atoms with Crippen molar-refractivity contribution in [1.82, 2.24) is 0 Å². The van der Waals surface area contributed by atoms with Crippen LogP contribution in [0.4, 0.5) is 11.4 Å². The number of benzene rings is 3. The van der Waals surface area contributed by atoms with Gasteiger partial charge in [-0.15, -0.1) is 0 Å². The maximum Gasteiger partial charge on any atom is 0.264 e. The minimum absolute atomic E-state index is 0.128. The van der Waals surface area contributed by atoms with Crippen molar-refractivity contribution in [2.45, 2.75) is 25.2 Å². The third-order valence-corrected chi connectivity index (χ3v) is 6.97. The molecule has 0 radical (unpaired) electrons. The van der Waals surface area contributed by atoms with E-state index in [1.807, 2.05) is 26.0 Å². The Morgan fingerprint density at radius 3 is 2.47 bits per heavy atom. The van der Waals surface area contributed by atoms with Crippen LogP contribution in [0.15, 0.2) is 71.6 Å². The predicted molar refractivity (Wildman–Crippen MR) is 123 cm³/mol. The quantitative estimate of drug-likeness (QED) is 0.583. The van der Waals surface area contributed by atoms with E-state index in [2.05, 4.69) is 5.32 Å². The van der Waals surface area contributed by atoms with Crippen LogP contribution in [0.25, 0.3) is 0 Å². The first-order chi connectivity index (χ1) is 15.4. The van der Waals surface area contributed by atoms with Crippen LogP contribution in [0.1, 0.15) is 18.1 Å². The Morgan fingerprint density at radius 2 is 1.72 bits per heavy atom. The van der Waals surface area contributed by atoms with E-state index < -0.39 is 15.9 Å². The zero-order valence-corrected chi connectivity index (χ0v) is 18.7. The molecule has 3 aromatic carbocycles. The van der Waals surface area contributed by atoms with Crippen molar-refractivity contribution in [3.8, 4) is 11.5 Å². The molecule has 1 aliphatic heterocycles. The molecule has 0 aliphatic carbocycles. The smallest absolute Gasteiger partial charge is 0.264 e. The summed E-state index contributed by atoms with van der Waals surface area (Å²) in [6.07, 6.45) is 0.625. The van der Waals surface area contributed by atoms with Gasteiger partial charge >= 0.3 is 0 Å². The van der Waals surface area contributed by atoms with Crippen molar-refractivity contribution in [3.05, 3.63) is 77.9 Å². The molecule has 0 aromatic heterocycles. The summed E-state index contributed by atoms with van der Waals surface area (Å²) in [5.41, 5.74) is 2.76. The van der Waals surface area contributed by atoms with Crippen LogP contribution in [0.5, 0.6) is 11.5 Å². The molecule has 0 unspecified atom stereocenters. The van der Waals surface area contributed by atoms with Gasteiger partial charge in [0.1, 0.15) is 6.54 Å². The first-order valence-corrected chi connectivity index (χ1v) is 11.7. The molecule has 1 aliphatic rings. The average molecular weight is 453 g/mol. The van der Waals surface area contributed by atoms with Gasteiger partial charge in [-0.3, -0.25) is 9.10 Å². The Hall–Kier alpha value is -3.52. The standard InChI is InChI=1S/C24H24N2O5S/c1-3-18-6-4-5-7-21(18)26(32(28,29)20-11-8-17(2)9-12-20)15-24(27)25-19-10-13-22-23(14-19)31-16-30-22/h4-14H,3,15-16H2,1-2H3,(H,25,27). The van der Waals surface area contributed by atoms with Crippen LogP contribution in [0, 0.1) is 6.92 Å². The topological polar surface area (TPSA) is 84.9 Å². The number of nitrogens with zero attached hydrogens (tertiary/aromatic N) is 1. The second-order valence-corrected chi connectivity index (χ2v) is 9.29. The molecule has 0 spiro atoms. The zero-order chi connectivity index (χ0) is 22.7. The number of rotatable bonds is 7. The lowest BCUT2D eigenvalue weighted by atomic mass is 10.1. The molecular formula is C24H24N2O5S. The van der Waals surface area contributed by atoms with Gasteiger partial charge in [-0.25, -0.2) is 8.42 Å². The van der Waals surface area contributed by atoms with E-state index in [-0.39, 0.29) is 18.2 Å². The lowest BCUT2D eigenvalue weighted by Gasteiger charge is -2.26. The number of hydrogen-bond donors (Lipinski definition) is 1. The van der Waals surface area contributed by atoms with Gasteiger partial charge in [0.05, 0.1) is 10.6 Å². The first-order valence-electron chi connectivity index (χ1n) is 10.3. The molecule has 32 heavy (non-hydrogen) atoms. The van der Waals surface area contributed by atoms with Crippen LogP contribution < -0.4 is 19.1 Å². The molecule has 1 heterocycles. The molecule has 166 valence electrons. The molecule has 0 atom stereocenters. The lowest BCUT2D eigenvalue weighted by molar-refractivity contribution is -0.114. The molecule has 7 nitrogen and oxygen atoms in total. The number of fused-ring (bicyclic) bond motifs is 1. The van der Waals surface area contributed by atoms with Gasteiger partial charge in [0, 0.05) is 11.8 Å². The minimum atomic E-state index is -3.97. The third kappa shape index (κ3) is 4.40. The number of anilines is 2. The third-order valence-electron chi connectivity index (χ3n) is 5.19. The Morgan fingerprint density at radius 1 is 1.00 bits per heavy atom. The van der Waals surface area contributed by atoms with Crippen LogP contribution in [0.3, 0.4) is 0 Å². The number of carbonyl (C=O) groups excluding carboxylic acids is 1. The second-order valence-electron chi connectivity index (χ2n) is 7.42. The van der Waals surface area contributed by atoms with Crippen LogP contribution in [0.2, 0.25) is 0 Å². The molecule has 1 amide bonds. The molecule has 8 heteroatoms. The Labute approximate surface area is 187 Å². The molecule has 0 bridgehead atoms. The highest BCUT2D eigenvalue weighted by molar-refractivity contribution is 7.92. The summed E-state index contributed by atoms with van der Waals surface area (Å²) in [4.78, 5) is 13.1. The number of carbonyl (C=O) groups is 1. The number of aryl methyl sites for hydroxylation is 2. The van der Waals surface area contributed by atoms with Gasteiger partial charge in [-0.2, -0.15) is 0 Å². The number of ether oxygens (including phenoxy) is 2. The number of sulfonamides is 1. The maximum absolute atomic E-state index is 13.6. The van der Waals surface area contributed by atoms with Crippen molar-refractivity contribution in [2.24, 2.45) is 0 Å². The first kappa shape index (κ1) is 21.7. The van der Waals surface area contributed by atoms with E-state index in [0.29, 0.717) is 29.3 Å². The number of nitrogens with one attached hydrogen (secondary N) is 1. The summed E-state index contributed by atoms with van der Waals surface area (Å²) < 4.78 is 38.9. The highest BCUT2D eigenvalue weighted by Crippen LogP contribution is 2.34. The van der Waals surface area contributed by atoms with E-state index in [9.17, 15) is 13.2 Å². The Bertz CT molecular complexity index is 1240. The van der Waals surface area contributed by atoms with E-state index >= 15 is 0 Å². The minimum Gasteiger partial charge on any atom is -0.454 e. The summed E-state index contributed by atoms with van der Waals surface area (Å²) in [5, 5.41) is 2.76. The molecule has 0 saturated carbocycles. The molecule has 3 aromatic rings. The fourth-order valence-electron chi connectivity index (χ4n) is 3.50. The maximum atomic E-state index is 13.6. The van der Waals surface area contributed by atoms with E-state index in [1.165, 1.54) is 4.31 Å².